The Morgan fingerprint density at radius 2 is 1.74 bits per heavy atom. The van der Waals surface area contributed by atoms with Crippen LogP contribution in [0.2, 0.25) is 0 Å². The SMILES string of the molecule is Cc1ccc([N+](=O)[O-])c(OCCC[NH+]2CC[NH+](Cc3ccccc3)CC2)c1. The zero-order valence-corrected chi connectivity index (χ0v) is 15.9. The second-order valence-corrected chi connectivity index (χ2v) is 7.34. The van der Waals surface area contributed by atoms with Gasteiger partial charge in [0.1, 0.15) is 32.7 Å². The molecule has 0 saturated carbocycles. The Balaban J connectivity index is 1.37. The summed E-state index contributed by atoms with van der Waals surface area (Å²) in [4.78, 5) is 14.0. The number of nitrogens with one attached hydrogen (secondary N) is 2. The normalized spacial score (nSPS) is 19.6. The first kappa shape index (κ1) is 19.3. The van der Waals surface area contributed by atoms with Gasteiger partial charge in [0.25, 0.3) is 0 Å². The first-order valence-electron chi connectivity index (χ1n) is 9.71. The highest BCUT2D eigenvalue weighted by molar-refractivity contribution is 5.48. The fourth-order valence-electron chi connectivity index (χ4n) is 3.66. The maximum absolute atomic E-state index is 11.1. The summed E-state index contributed by atoms with van der Waals surface area (Å²) in [7, 11) is 0. The Hall–Kier alpha value is -2.44. The summed E-state index contributed by atoms with van der Waals surface area (Å²) < 4.78 is 5.71. The number of hydrogen-bond donors (Lipinski definition) is 2. The van der Waals surface area contributed by atoms with E-state index < -0.39 is 0 Å². The van der Waals surface area contributed by atoms with E-state index in [9.17, 15) is 10.1 Å². The Morgan fingerprint density at radius 3 is 2.44 bits per heavy atom. The third-order valence-corrected chi connectivity index (χ3v) is 5.21. The van der Waals surface area contributed by atoms with Gasteiger partial charge >= 0.3 is 5.69 Å². The largest absolute Gasteiger partial charge is 0.487 e. The van der Waals surface area contributed by atoms with Crippen molar-refractivity contribution in [3.05, 3.63) is 69.8 Å². The monoisotopic (exact) mass is 371 g/mol. The van der Waals surface area contributed by atoms with Crippen LogP contribution in [0.4, 0.5) is 5.69 Å². The van der Waals surface area contributed by atoms with Crippen molar-refractivity contribution in [2.45, 2.75) is 19.9 Å². The van der Waals surface area contributed by atoms with Crippen LogP contribution in [0.15, 0.2) is 48.5 Å². The third-order valence-electron chi connectivity index (χ3n) is 5.21. The molecule has 2 N–H and O–H groups in total. The van der Waals surface area contributed by atoms with Crippen LogP contribution in [0.5, 0.6) is 5.75 Å². The van der Waals surface area contributed by atoms with Gasteiger partial charge < -0.3 is 14.5 Å². The summed E-state index contributed by atoms with van der Waals surface area (Å²) >= 11 is 0. The quantitative estimate of drug-likeness (QED) is 0.407. The standard InChI is InChI=1S/C21H27N3O3/c1-18-8-9-20(24(25)26)21(16-18)27-15-5-10-22-11-13-23(14-12-22)17-19-6-3-2-4-7-19/h2-4,6-9,16H,5,10-15,17H2,1H3/p+2. The van der Waals surface area contributed by atoms with Crippen molar-refractivity contribution < 1.29 is 19.5 Å². The molecule has 3 rings (SSSR count). The molecule has 0 radical (unpaired) electrons. The van der Waals surface area contributed by atoms with Gasteiger partial charge in [-0.25, -0.2) is 0 Å². The van der Waals surface area contributed by atoms with Gasteiger partial charge in [-0.1, -0.05) is 36.4 Å². The number of rotatable bonds is 8. The van der Waals surface area contributed by atoms with Gasteiger partial charge in [0, 0.05) is 18.1 Å². The molecule has 1 fully saturated rings. The number of nitro groups is 1. The summed E-state index contributed by atoms with van der Waals surface area (Å²) in [5.74, 6) is 0.382. The van der Waals surface area contributed by atoms with E-state index in [4.69, 9.17) is 4.74 Å². The fourth-order valence-corrected chi connectivity index (χ4v) is 3.66. The van der Waals surface area contributed by atoms with Crippen molar-refractivity contribution in [1.82, 2.24) is 0 Å². The van der Waals surface area contributed by atoms with Crippen LogP contribution < -0.4 is 14.5 Å². The molecular weight excluding hydrogens is 342 g/mol. The number of benzene rings is 2. The Bertz CT molecular complexity index is 744. The highest BCUT2D eigenvalue weighted by Crippen LogP contribution is 2.27. The molecule has 0 aromatic heterocycles. The average Bonchev–Trinajstić information content (AvgIpc) is 2.67. The van der Waals surface area contributed by atoms with Gasteiger partial charge in [0.2, 0.25) is 0 Å². The Labute approximate surface area is 160 Å². The maximum Gasteiger partial charge on any atom is 0.310 e. The predicted octanol–water partition coefficient (Wildman–Crippen LogP) is 0.656. The van der Waals surface area contributed by atoms with E-state index in [2.05, 4.69) is 30.3 Å². The molecule has 2 aromatic rings. The molecule has 0 amide bonds. The van der Waals surface area contributed by atoms with Crippen LogP contribution in [0.1, 0.15) is 17.5 Å². The zero-order valence-electron chi connectivity index (χ0n) is 15.9. The van der Waals surface area contributed by atoms with Crippen molar-refractivity contribution >= 4 is 5.69 Å². The average molecular weight is 371 g/mol. The van der Waals surface area contributed by atoms with Crippen LogP contribution in [-0.2, 0) is 6.54 Å². The predicted molar refractivity (Wildman–Crippen MR) is 104 cm³/mol. The van der Waals surface area contributed by atoms with E-state index in [0.29, 0.717) is 12.4 Å². The first-order valence-corrected chi connectivity index (χ1v) is 9.71. The van der Waals surface area contributed by atoms with Crippen molar-refractivity contribution in [3.8, 4) is 5.75 Å². The fraction of sp³-hybridized carbons (Fsp3) is 0.429. The molecule has 0 unspecified atom stereocenters. The van der Waals surface area contributed by atoms with Gasteiger partial charge in [-0.15, -0.1) is 0 Å². The summed E-state index contributed by atoms with van der Waals surface area (Å²) in [5, 5.41) is 11.1. The van der Waals surface area contributed by atoms with Crippen LogP contribution in [-0.4, -0.2) is 44.3 Å². The highest BCUT2D eigenvalue weighted by Gasteiger charge is 2.22. The molecule has 144 valence electrons. The molecule has 27 heavy (non-hydrogen) atoms. The Morgan fingerprint density at radius 1 is 1.04 bits per heavy atom. The minimum Gasteiger partial charge on any atom is -0.487 e. The number of hydrogen-bond acceptors (Lipinski definition) is 3. The number of quaternary nitrogens is 2. The minimum atomic E-state index is -0.380. The van der Waals surface area contributed by atoms with Gasteiger partial charge in [-0.3, -0.25) is 10.1 Å². The summed E-state index contributed by atoms with van der Waals surface area (Å²) in [5.41, 5.74) is 2.42. The summed E-state index contributed by atoms with van der Waals surface area (Å²) in [6.45, 7) is 9.32. The number of ether oxygens (including phenoxy) is 1. The van der Waals surface area contributed by atoms with E-state index in [1.54, 1.807) is 21.9 Å². The summed E-state index contributed by atoms with van der Waals surface area (Å²) in [6.07, 6.45) is 0.911. The topological polar surface area (TPSA) is 61.2 Å². The number of nitro benzene ring substituents is 1. The van der Waals surface area contributed by atoms with E-state index in [1.165, 1.54) is 37.8 Å². The molecule has 1 saturated heterocycles. The minimum absolute atomic E-state index is 0.0473. The second kappa shape index (κ2) is 9.48. The smallest absolute Gasteiger partial charge is 0.310 e. The lowest BCUT2D eigenvalue weighted by atomic mass is 10.2. The molecule has 0 aliphatic carbocycles. The maximum atomic E-state index is 11.1. The van der Waals surface area contributed by atoms with Crippen molar-refractivity contribution in [1.29, 1.82) is 0 Å². The summed E-state index contributed by atoms with van der Waals surface area (Å²) in [6, 6.07) is 15.7. The molecule has 0 spiro atoms. The molecule has 1 aliphatic rings. The van der Waals surface area contributed by atoms with E-state index in [-0.39, 0.29) is 10.6 Å². The van der Waals surface area contributed by atoms with Crippen LogP contribution in [0, 0.1) is 17.0 Å². The molecule has 0 bridgehead atoms. The van der Waals surface area contributed by atoms with Crippen LogP contribution >= 0.6 is 0 Å². The molecule has 1 aliphatic heterocycles. The molecule has 2 aromatic carbocycles. The van der Waals surface area contributed by atoms with Gasteiger partial charge in [-0.05, 0) is 18.6 Å². The van der Waals surface area contributed by atoms with Crippen LogP contribution in [0.25, 0.3) is 0 Å². The van der Waals surface area contributed by atoms with E-state index >= 15 is 0 Å². The lowest BCUT2D eigenvalue weighted by Gasteiger charge is -2.29. The Kier molecular flexibility index (Phi) is 6.79. The third kappa shape index (κ3) is 5.77. The van der Waals surface area contributed by atoms with Crippen molar-refractivity contribution in [2.24, 2.45) is 0 Å². The van der Waals surface area contributed by atoms with Crippen molar-refractivity contribution in [2.75, 3.05) is 39.3 Å². The molecule has 0 atom stereocenters. The van der Waals surface area contributed by atoms with Crippen LogP contribution in [0.3, 0.4) is 0 Å². The lowest BCUT2D eigenvalue weighted by molar-refractivity contribution is -1.02. The molecule has 6 heteroatoms. The number of aryl methyl sites for hydroxylation is 1. The van der Waals surface area contributed by atoms with Gasteiger partial charge in [0.15, 0.2) is 5.75 Å². The highest BCUT2D eigenvalue weighted by atomic mass is 16.6. The van der Waals surface area contributed by atoms with Crippen molar-refractivity contribution in [3.63, 3.8) is 0 Å². The molecular formula is C21H29N3O3+2. The second-order valence-electron chi connectivity index (χ2n) is 7.34. The van der Waals surface area contributed by atoms with Gasteiger partial charge in [0.05, 0.1) is 18.1 Å². The zero-order chi connectivity index (χ0) is 19.1. The van der Waals surface area contributed by atoms with E-state index in [1.807, 2.05) is 6.92 Å². The number of nitrogens with zero attached hydrogens (tertiary/aromatic N) is 1. The van der Waals surface area contributed by atoms with E-state index in [0.717, 1.165) is 25.1 Å². The number of piperazine rings is 1. The lowest BCUT2D eigenvalue weighted by Crippen LogP contribution is -3.27. The van der Waals surface area contributed by atoms with Gasteiger partial charge in [-0.2, -0.15) is 0 Å². The molecule has 1 heterocycles. The molecule has 6 nitrogen and oxygen atoms in total. The first-order chi connectivity index (χ1) is 13.1.